The maximum Gasteiger partial charge on any atom is 0.193 e. The molecule has 0 aliphatic carbocycles. The molecule has 2 aromatic carbocycles. The number of H-pyrrole nitrogens is 1. The predicted octanol–water partition coefficient (Wildman–Crippen LogP) is 3.61. The molecule has 0 amide bonds. The number of nitrogens with one attached hydrogen (secondary N) is 1. The lowest BCUT2D eigenvalue weighted by Gasteiger charge is -2.06. The molecule has 3 rings (SSSR count). The van der Waals surface area contributed by atoms with Crippen LogP contribution in [0.15, 0.2) is 47.3 Å². The van der Waals surface area contributed by atoms with Crippen molar-refractivity contribution < 1.29 is 13.2 Å². The zero-order valence-electron chi connectivity index (χ0n) is 10.1. The maximum atomic E-state index is 13.7. The van der Waals surface area contributed by atoms with Gasteiger partial charge in [0.05, 0.1) is 10.9 Å². The molecular formula is C15H8F3NO. The number of rotatable bonds is 1. The Morgan fingerprint density at radius 1 is 0.900 bits per heavy atom. The maximum absolute atomic E-state index is 13.7. The fourth-order valence-electron chi connectivity index (χ4n) is 2.10. The molecule has 0 saturated carbocycles. The molecule has 1 aromatic heterocycles. The molecule has 1 heterocycles. The first kappa shape index (κ1) is 12.5. The fourth-order valence-corrected chi connectivity index (χ4v) is 2.10. The molecule has 0 saturated heterocycles. The fraction of sp³-hybridized carbons (Fsp3) is 0. The summed E-state index contributed by atoms with van der Waals surface area (Å²) in [7, 11) is 0. The van der Waals surface area contributed by atoms with Gasteiger partial charge in [0.2, 0.25) is 0 Å². The van der Waals surface area contributed by atoms with E-state index in [1.807, 2.05) is 0 Å². The number of aromatic amines is 1. The van der Waals surface area contributed by atoms with Crippen LogP contribution in [0.1, 0.15) is 0 Å². The summed E-state index contributed by atoms with van der Waals surface area (Å²) in [6.45, 7) is 0. The first-order chi connectivity index (χ1) is 9.58. The summed E-state index contributed by atoms with van der Waals surface area (Å²) in [5, 5.41) is -0.483. The molecule has 0 bridgehead atoms. The van der Waals surface area contributed by atoms with Gasteiger partial charge >= 0.3 is 0 Å². The molecule has 0 unspecified atom stereocenters. The van der Waals surface area contributed by atoms with Crippen LogP contribution in [-0.2, 0) is 0 Å². The van der Waals surface area contributed by atoms with Gasteiger partial charge in [-0.25, -0.2) is 13.2 Å². The van der Waals surface area contributed by atoms with Gasteiger partial charge in [-0.3, -0.25) is 4.79 Å². The third-order valence-electron chi connectivity index (χ3n) is 3.04. The van der Waals surface area contributed by atoms with Crippen LogP contribution in [-0.4, -0.2) is 4.98 Å². The Balaban J connectivity index is 2.40. The molecule has 1 N–H and O–H groups in total. The SMILES string of the molecule is O=c1cc(-c2ccccc2)[nH]c2c(F)c(F)cc(F)c12. The highest BCUT2D eigenvalue weighted by molar-refractivity contribution is 5.82. The Hall–Kier alpha value is -2.56. The molecule has 0 aliphatic heterocycles. The van der Waals surface area contributed by atoms with Crippen molar-refractivity contribution in [2.45, 2.75) is 0 Å². The van der Waals surface area contributed by atoms with Gasteiger partial charge in [-0.15, -0.1) is 0 Å². The van der Waals surface area contributed by atoms with Gasteiger partial charge in [-0.1, -0.05) is 30.3 Å². The van der Waals surface area contributed by atoms with Crippen molar-refractivity contribution in [1.29, 1.82) is 0 Å². The average Bonchev–Trinajstić information content (AvgIpc) is 2.45. The van der Waals surface area contributed by atoms with Crippen LogP contribution in [0, 0.1) is 17.5 Å². The third-order valence-corrected chi connectivity index (χ3v) is 3.04. The van der Waals surface area contributed by atoms with Gasteiger partial charge < -0.3 is 4.98 Å². The van der Waals surface area contributed by atoms with Gasteiger partial charge in [-0.2, -0.15) is 0 Å². The van der Waals surface area contributed by atoms with E-state index in [0.29, 0.717) is 17.3 Å². The standard InChI is InChI=1S/C15H8F3NO/c16-9-6-10(17)14(18)15-13(9)12(20)7-11(19-15)8-4-2-1-3-5-8/h1-7H,(H,19,20). The second-order valence-corrected chi connectivity index (χ2v) is 4.32. The predicted molar refractivity (Wildman–Crippen MR) is 69.9 cm³/mol. The monoisotopic (exact) mass is 275 g/mol. The Labute approximate surface area is 111 Å². The number of fused-ring (bicyclic) bond motifs is 1. The van der Waals surface area contributed by atoms with Crippen LogP contribution in [0.5, 0.6) is 0 Å². The molecule has 100 valence electrons. The Morgan fingerprint density at radius 2 is 1.60 bits per heavy atom. The minimum atomic E-state index is -1.34. The number of pyridine rings is 1. The highest BCUT2D eigenvalue weighted by Crippen LogP contribution is 2.23. The summed E-state index contributed by atoms with van der Waals surface area (Å²) in [6.07, 6.45) is 0. The molecule has 0 fully saturated rings. The van der Waals surface area contributed by atoms with E-state index >= 15 is 0 Å². The largest absolute Gasteiger partial charge is 0.352 e. The van der Waals surface area contributed by atoms with E-state index < -0.39 is 33.8 Å². The third kappa shape index (κ3) is 1.87. The number of aromatic nitrogens is 1. The quantitative estimate of drug-likeness (QED) is 0.676. The molecule has 20 heavy (non-hydrogen) atoms. The Morgan fingerprint density at radius 3 is 2.30 bits per heavy atom. The van der Waals surface area contributed by atoms with E-state index in [-0.39, 0.29) is 0 Å². The van der Waals surface area contributed by atoms with Crippen LogP contribution >= 0.6 is 0 Å². The lowest BCUT2D eigenvalue weighted by atomic mass is 10.1. The number of halogens is 3. The van der Waals surface area contributed by atoms with Crippen molar-refractivity contribution in [2.24, 2.45) is 0 Å². The van der Waals surface area contributed by atoms with Crippen LogP contribution in [0.2, 0.25) is 0 Å². The minimum Gasteiger partial charge on any atom is -0.352 e. The van der Waals surface area contributed by atoms with Gasteiger partial charge in [-0.05, 0) is 5.56 Å². The van der Waals surface area contributed by atoms with Crippen LogP contribution in [0.3, 0.4) is 0 Å². The van der Waals surface area contributed by atoms with Gasteiger partial charge in [0.15, 0.2) is 17.1 Å². The summed E-state index contributed by atoms with van der Waals surface area (Å²) in [4.78, 5) is 14.5. The van der Waals surface area contributed by atoms with Gasteiger partial charge in [0.25, 0.3) is 0 Å². The van der Waals surface area contributed by atoms with E-state index in [1.54, 1.807) is 30.3 Å². The van der Waals surface area contributed by atoms with E-state index in [4.69, 9.17) is 0 Å². The normalized spacial score (nSPS) is 10.9. The minimum absolute atomic E-state index is 0.298. The van der Waals surface area contributed by atoms with Crippen molar-refractivity contribution in [3.63, 3.8) is 0 Å². The Kier molecular flexibility index (Phi) is 2.82. The van der Waals surface area contributed by atoms with Crippen LogP contribution in [0.25, 0.3) is 22.2 Å². The van der Waals surface area contributed by atoms with E-state index in [2.05, 4.69) is 4.98 Å². The number of benzene rings is 2. The second-order valence-electron chi connectivity index (χ2n) is 4.32. The zero-order chi connectivity index (χ0) is 14.3. The molecule has 0 spiro atoms. The highest BCUT2D eigenvalue weighted by Gasteiger charge is 2.16. The first-order valence-electron chi connectivity index (χ1n) is 5.84. The van der Waals surface area contributed by atoms with Crippen molar-refractivity contribution >= 4 is 10.9 Å². The second kappa shape index (κ2) is 4.52. The molecule has 3 aromatic rings. The van der Waals surface area contributed by atoms with Crippen LogP contribution in [0.4, 0.5) is 13.2 Å². The van der Waals surface area contributed by atoms with E-state index in [0.717, 1.165) is 6.07 Å². The van der Waals surface area contributed by atoms with Crippen molar-refractivity contribution in [3.8, 4) is 11.3 Å². The molecule has 5 heteroatoms. The van der Waals surface area contributed by atoms with Crippen molar-refractivity contribution in [2.75, 3.05) is 0 Å². The molecule has 0 atom stereocenters. The van der Waals surface area contributed by atoms with E-state index in [9.17, 15) is 18.0 Å². The summed E-state index contributed by atoms with van der Waals surface area (Å²) in [5.41, 5.74) is -0.245. The summed E-state index contributed by atoms with van der Waals surface area (Å²) >= 11 is 0. The molecule has 0 radical (unpaired) electrons. The molecular weight excluding hydrogens is 267 g/mol. The lowest BCUT2D eigenvalue weighted by Crippen LogP contribution is -2.08. The van der Waals surface area contributed by atoms with Crippen LogP contribution < -0.4 is 5.43 Å². The molecule has 2 nitrogen and oxygen atoms in total. The highest BCUT2D eigenvalue weighted by atomic mass is 19.2. The topological polar surface area (TPSA) is 32.9 Å². The van der Waals surface area contributed by atoms with Gasteiger partial charge in [0.1, 0.15) is 5.82 Å². The summed E-state index contributed by atoms with van der Waals surface area (Å²) in [5.74, 6) is -3.69. The number of hydrogen-bond acceptors (Lipinski definition) is 1. The average molecular weight is 275 g/mol. The first-order valence-corrected chi connectivity index (χ1v) is 5.84. The van der Waals surface area contributed by atoms with Gasteiger partial charge in [0, 0.05) is 17.8 Å². The van der Waals surface area contributed by atoms with Crippen molar-refractivity contribution in [1.82, 2.24) is 4.98 Å². The molecule has 0 aliphatic rings. The van der Waals surface area contributed by atoms with Crippen molar-refractivity contribution in [3.05, 3.63) is 70.1 Å². The summed E-state index contributed by atoms with van der Waals surface area (Å²) in [6, 6.07) is 10.2. The lowest BCUT2D eigenvalue weighted by molar-refractivity contribution is 0.504. The smallest absolute Gasteiger partial charge is 0.193 e. The summed E-state index contributed by atoms with van der Waals surface area (Å²) < 4.78 is 40.6. The Bertz CT molecular complexity index is 856. The number of hydrogen-bond donors (Lipinski definition) is 1. The van der Waals surface area contributed by atoms with E-state index in [1.165, 1.54) is 0 Å². The zero-order valence-corrected chi connectivity index (χ0v) is 10.1.